The lowest BCUT2D eigenvalue weighted by atomic mass is 10.2. The largest absolute Gasteiger partial charge is 0.477 e. The number of hydrogen-bond donors (Lipinski definition) is 1. The third-order valence-corrected chi connectivity index (χ3v) is 2.88. The van der Waals surface area contributed by atoms with Crippen LogP contribution in [-0.4, -0.2) is 26.4 Å². The van der Waals surface area contributed by atoms with E-state index in [9.17, 15) is 0 Å². The van der Waals surface area contributed by atoms with Gasteiger partial charge in [-0.15, -0.1) is 15.3 Å². The lowest BCUT2D eigenvalue weighted by molar-refractivity contribution is 0.318. The van der Waals surface area contributed by atoms with Crippen molar-refractivity contribution in [3.63, 3.8) is 0 Å². The van der Waals surface area contributed by atoms with E-state index in [1.165, 1.54) is 11.1 Å². The van der Waals surface area contributed by atoms with Crippen LogP contribution in [0.4, 0.5) is 5.95 Å². The van der Waals surface area contributed by atoms with Gasteiger partial charge in [-0.25, -0.2) is 0 Å². The Morgan fingerprint density at radius 1 is 1.31 bits per heavy atom. The molecule has 0 saturated carbocycles. The maximum atomic E-state index is 5.71. The van der Waals surface area contributed by atoms with E-state index in [-0.39, 0.29) is 0 Å². The zero-order valence-electron chi connectivity index (χ0n) is 9.10. The fourth-order valence-electron chi connectivity index (χ4n) is 2.21. The second kappa shape index (κ2) is 3.33. The van der Waals surface area contributed by atoms with Crippen molar-refractivity contribution in [3.05, 3.63) is 11.1 Å². The van der Waals surface area contributed by atoms with Crippen LogP contribution in [0.15, 0.2) is 0 Å². The molecule has 16 heavy (non-hydrogen) atoms. The summed E-state index contributed by atoms with van der Waals surface area (Å²) in [6.07, 6.45) is 3.12. The van der Waals surface area contributed by atoms with E-state index in [0.29, 0.717) is 18.4 Å². The fraction of sp³-hybridized carbons (Fsp3) is 0.500. The average Bonchev–Trinajstić information content (AvgIpc) is 2.86. The van der Waals surface area contributed by atoms with Gasteiger partial charge in [0.15, 0.2) is 5.65 Å². The van der Waals surface area contributed by atoms with E-state index in [4.69, 9.17) is 10.5 Å². The van der Waals surface area contributed by atoms with Crippen molar-refractivity contribution in [2.24, 2.45) is 0 Å². The van der Waals surface area contributed by atoms with Gasteiger partial charge in [0.25, 0.3) is 0 Å². The van der Waals surface area contributed by atoms with Gasteiger partial charge in [-0.3, -0.25) is 0 Å². The van der Waals surface area contributed by atoms with Crippen LogP contribution in [0, 0.1) is 0 Å². The molecule has 0 fully saturated rings. The Morgan fingerprint density at radius 2 is 2.12 bits per heavy atom. The minimum absolute atomic E-state index is 0.311. The number of aryl methyl sites for hydroxylation is 1. The Morgan fingerprint density at radius 3 is 2.94 bits per heavy atom. The van der Waals surface area contributed by atoms with Crippen molar-refractivity contribution in [3.8, 4) is 5.88 Å². The van der Waals surface area contributed by atoms with Gasteiger partial charge in [0.05, 0.1) is 6.61 Å². The summed E-state index contributed by atoms with van der Waals surface area (Å²) in [5.74, 6) is 0.986. The SMILES string of the molecule is CCOc1nn2c(N)nnc2c2c1CCC2. The van der Waals surface area contributed by atoms with Crippen molar-refractivity contribution in [2.45, 2.75) is 26.2 Å². The first-order valence-corrected chi connectivity index (χ1v) is 5.46. The highest BCUT2D eigenvalue weighted by atomic mass is 16.5. The van der Waals surface area contributed by atoms with Crippen LogP contribution in [-0.2, 0) is 12.8 Å². The molecule has 0 atom stereocenters. The zero-order valence-corrected chi connectivity index (χ0v) is 9.10. The molecule has 84 valence electrons. The van der Waals surface area contributed by atoms with Gasteiger partial charge in [-0.05, 0) is 26.2 Å². The van der Waals surface area contributed by atoms with Crippen molar-refractivity contribution in [1.29, 1.82) is 0 Å². The number of nitrogens with two attached hydrogens (primary N) is 1. The Bertz CT molecular complexity index is 548. The molecule has 1 aliphatic rings. The van der Waals surface area contributed by atoms with Crippen LogP contribution < -0.4 is 10.5 Å². The van der Waals surface area contributed by atoms with Crippen molar-refractivity contribution < 1.29 is 4.74 Å². The molecule has 0 saturated heterocycles. The molecule has 0 spiro atoms. The lowest BCUT2D eigenvalue weighted by Crippen LogP contribution is -2.06. The molecular formula is C10H13N5O. The number of rotatable bonds is 2. The summed E-state index contributed by atoms with van der Waals surface area (Å²) in [4.78, 5) is 0. The summed E-state index contributed by atoms with van der Waals surface area (Å²) in [5, 5.41) is 12.2. The minimum Gasteiger partial charge on any atom is -0.477 e. The van der Waals surface area contributed by atoms with Gasteiger partial charge in [-0.1, -0.05) is 0 Å². The molecule has 1 aliphatic carbocycles. The number of nitrogens with zero attached hydrogens (tertiary/aromatic N) is 4. The summed E-state index contributed by atoms with van der Waals surface area (Å²) in [6, 6.07) is 0. The minimum atomic E-state index is 0.311. The van der Waals surface area contributed by atoms with E-state index in [2.05, 4.69) is 15.3 Å². The summed E-state index contributed by atoms with van der Waals surface area (Å²) in [7, 11) is 0. The van der Waals surface area contributed by atoms with Crippen LogP contribution in [0.3, 0.4) is 0 Å². The number of fused-ring (bicyclic) bond motifs is 3. The Balaban J connectivity index is 2.30. The highest BCUT2D eigenvalue weighted by Gasteiger charge is 2.23. The second-order valence-corrected chi connectivity index (χ2v) is 3.84. The Labute approximate surface area is 92.4 Å². The average molecular weight is 219 g/mol. The fourth-order valence-corrected chi connectivity index (χ4v) is 2.21. The van der Waals surface area contributed by atoms with E-state index in [1.54, 1.807) is 4.52 Å². The number of hydrogen-bond acceptors (Lipinski definition) is 5. The number of ether oxygens (including phenoxy) is 1. The molecule has 6 nitrogen and oxygen atoms in total. The normalized spacial score (nSPS) is 14.3. The van der Waals surface area contributed by atoms with Crippen molar-refractivity contribution in [1.82, 2.24) is 19.8 Å². The van der Waals surface area contributed by atoms with Crippen LogP contribution in [0.1, 0.15) is 24.5 Å². The van der Waals surface area contributed by atoms with Gasteiger partial charge in [0.1, 0.15) is 0 Å². The standard InChI is InChI=1S/C10H13N5O/c1-2-16-9-7-5-3-4-6(7)8-12-13-10(11)15(8)14-9/h2-5H2,1H3,(H2,11,13). The third-order valence-electron chi connectivity index (χ3n) is 2.88. The highest BCUT2D eigenvalue weighted by molar-refractivity contribution is 5.57. The summed E-state index contributed by atoms with van der Waals surface area (Å²) in [5.41, 5.74) is 8.83. The molecule has 0 aromatic carbocycles. The number of aromatic nitrogens is 4. The summed E-state index contributed by atoms with van der Waals surface area (Å²) < 4.78 is 7.10. The molecule has 2 heterocycles. The first-order chi connectivity index (χ1) is 7.81. The predicted octanol–water partition coefficient (Wildman–Crippen LogP) is 0.594. The summed E-state index contributed by atoms with van der Waals surface area (Å²) >= 11 is 0. The zero-order chi connectivity index (χ0) is 11.1. The van der Waals surface area contributed by atoms with Gasteiger partial charge in [-0.2, -0.15) is 4.52 Å². The van der Waals surface area contributed by atoms with Crippen molar-refractivity contribution >= 4 is 11.6 Å². The monoisotopic (exact) mass is 219 g/mol. The summed E-state index contributed by atoms with van der Waals surface area (Å²) in [6.45, 7) is 2.55. The smallest absolute Gasteiger partial charge is 0.243 e. The highest BCUT2D eigenvalue weighted by Crippen LogP contribution is 2.31. The molecule has 6 heteroatoms. The first kappa shape index (κ1) is 9.38. The lowest BCUT2D eigenvalue weighted by Gasteiger charge is -2.08. The molecule has 0 unspecified atom stereocenters. The van der Waals surface area contributed by atoms with Crippen molar-refractivity contribution in [2.75, 3.05) is 12.3 Å². The molecule has 2 N–H and O–H groups in total. The van der Waals surface area contributed by atoms with E-state index >= 15 is 0 Å². The maximum absolute atomic E-state index is 5.71. The van der Waals surface area contributed by atoms with Gasteiger partial charge in [0.2, 0.25) is 11.8 Å². The maximum Gasteiger partial charge on any atom is 0.243 e. The van der Waals surface area contributed by atoms with Crippen LogP contribution >= 0.6 is 0 Å². The van der Waals surface area contributed by atoms with Crippen LogP contribution in [0.5, 0.6) is 5.88 Å². The molecule has 0 aliphatic heterocycles. The van der Waals surface area contributed by atoms with Gasteiger partial charge >= 0.3 is 0 Å². The first-order valence-electron chi connectivity index (χ1n) is 5.46. The van der Waals surface area contributed by atoms with Crippen LogP contribution in [0.25, 0.3) is 5.65 Å². The quantitative estimate of drug-likeness (QED) is 0.799. The molecule has 0 amide bonds. The molecule has 2 aromatic rings. The topological polar surface area (TPSA) is 78.3 Å². The number of nitrogen functional groups attached to an aromatic ring is 1. The Hall–Kier alpha value is -1.85. The second-order valence-electron chi connectivity index (χ2n) is 3.84. The van der Waals surface area contributed by atoms with Gasteiger partial charge < -0.3 is 10.5 Å². The predicted molar refractivity (Wildman–Crippen MR) is 58.4 cm³/mol. The number of anilines is 1. The Kier molecular flexibility index (Phi) is 1.95. The third kappa shape index (κ3) is 1.16. The van der Waals surface area contributed by atoms with E-state index < -0.39 is 0 Å². The molecule has 3 rings (SSSR count). The molecule has 2 aromatic heterocycles. The molecule has 0 radical (unpaired) electrons. The van der Waals surface area contributed by atoms with Crippen LogP contribution in [0.2, 0.25) is 0 Å². The van der Waals surface area contributed by atoms with Gasteiger partial charge in [0, 0.05) is 11.1 Å². The molecule has 0 bridgehead atoms. The molecular weight excluding hydrogens is 206 g/mol. The van der Waals surface area contributed by atoms with E-state index in [1.807, 2.05) is 6.92 Å². The van der Waals surface area contributed by atoms with E-state index in [0.717, 1.165) is 24.9 Å².